The van der Waals surface area contributed by atoms with E-state index in [-0.39, 0.29) is 11.7 Å². The molecule has 1 aliphatic heterocycles. The van der Waals surface area contributed by atoms with Gasteiger partial charge in [0.2, 0.25) is 15.9 Å². The molecule has 0 aliphatic carbocycles. The van der Waals surface area contributed by atoms with Gasteiger partial charge < -0.3 is 4.42 Å². The van der Waals surface area contributed by atoms with Crippen LogP contribution in [0.4, 0.5) is 0 Å². The monoisotopic (exact) mass is 327 g/mol. The molecule has 0 N–H and O–H groups in total. The van der Waals surface area contributed by atoms with Gasteiger partial charge in [-0.2, -0.15) is 0 Å². The number of sulfonamides is 1. The highest BCUT2D eigenvalue weighted by molar-refractivity contribution is 7.89. The second-order valence-corrected chi connectivity index (χ2v) is 8.23. The Labute approximate surface area is 127 Å². The van der Waals surface area contributed by atoms with E-state index in [2.05, 4.69) is 10.2 Å². The average Bonchev–Trinajstić information content (AvgIpc) is 3.18. The van der Waals surface area contributed by atoms with E-state index >= 15 is 0 Å². The van der Waals surface area contributed by atoms with Crippen molar-refractivity contribution in [1.82, 2.24) is 14.5 Å². The zero-order chi connectivity index (χ0) is 14.9. The maximum atomic E-state index is 12.0. The number of hydrogen-bond donors (Lipinski definition) is 0. The van der Waals surface area contributed by atoms with Crippen molar-refractivity contribution in [2.24, 2.45) is 0 Å². The summed E-state index contributed by atoms with van der Waals surface area (Å²) in [6.45, 7) is 2.68. The largest absolute Gasteiger partial charge is 0.420 e. The van der Waals surface area contributed by atoms with Crippen molar-refractivity contribution in [3.63, 3.8) is 0 Å². The standard InChI is InChI=1S/C13H17N3O3S2/c1-2-21(17,18)16-7-3-5-10(9-16)12-14-15-13(19-12)11-6-4-8-20-11/h4,6,8,10H,2-3,5,7,9H2,1H3. The Bertz CT molecular complexity index is 694. The minimum Gasteiger partial charge on any atom is -0.420 e. The molecular weight excluding hydrogens is 310 g/mol. The van der Waals surface area contributed by atoms with Crippen molar-refractivity contribution in [1.29, 1.82) is 0 Å². The Morgan fingerprint density at radius 1 is 1.48 bits per heavy atom. The van der Waals surface area contributed by atoms with E-state index < -0.39 is 10.0 Å². The van der Waals surface area contributed by atoms with Crippen LogP contribution >= 0.6 is 11.3 Å². The fraction of sp³-hybridized carbons (Fsp3) is 0.538. The van der Waals surface area contributed by atoms with Crippen LogP contribution in [0.25, 0.3) is 10.8 Å². The van der Waals surface area contributed by atoms with E-state index in [9.17, 15) is 8.42 Å². The summed E-state index contributed by atoms with van der Waals surface area (Å²) in [6.07, 6.45) is 1.70. The summed E-state index contributed by atoms with van der Waals surface area (Å²) in [5.74, 6) is 1.16. The van der Waals surface area contributed by atoms with E-state index in [4.69, 9.17) is 4.42 Å². The molecule has 0 bridgehead atoms. The van der Waals surface area contributed by atoms with Gasteiger partial charge in [-0.3, -0.25) is 0 Å². The van der Waals surface area contributed by atoms with Crippen molar-refractivity contribution in [2.75, 3.05) is 18.8 Å². The van der Waals surface area contributed by atoms with Crippen LogP contribution in [0.1, 0.15) is 31.6 Å². The summed E-state index contributed by atoms with van der Waals surface area (Å²) in [6, 6.07) is 3.86. The molecule has 0 radical (unpaired) electrons. The quantitative estimate of drug-likeness (QED) is 0.861. The van der Waals surface area contributed by atoms with Gasteiger partial charge in [0.05, 0.1) is 16.5 Å². The van der Waals surface area contributed by atoms with Gasteiger partial charge in [0, 0.05) is 13.1 Å². The van der Waals surface area contributed by atoms with Crippen molar-refractivity contribution >= 4 is 21.4 Å². The summed E-state index contributed by atoms with van der Waals surface area (Å²) in [5.41, 5.74) is 0. The topological polar surface area (TPSA) is 76.3 Å². The van der Waals surface area contributed by atoms with Crippen LogP contribution in [0.3, 0.4) is 0 Å². The van der Waals surface area contributed by atoms with Crippen molar-refractivity contribution < 1.29 is 12.8 Å². The fourth-order valence-electron chi connectivity index (χ4n) is 2.48. The van der Waals surface area contributed by atoms with Crippen LogP contribution in [0.5, 0.6) is 0 Å². The highest BCUT2D eigenvalue weighted by atomic mass is 32.2. The lowest BCUT2D eigenvalue weighted by atomic mass is 10.00. The molecule has 2 aromatic heterocycles. The number of nitrogens with zero attached hydrogens (tertiary/aromatic N) is 3. The SMILES string of the molecule is CCS(=O)(=O)N1CCCC(c2nnc(-c3cccs3)o2)C1. The molecule has 0 aromatic carbocycles. The lowest BCUT2D eigenvalue weighted by Crippen LogP contribution is -2.39. The van der Waals surface area contributed by atoms with Crippen molar-refractivity contribution in [2.45, 2.75) is 25.7 Å². The van der Waals surface area contributed by atoms with Gasteiger partial charge in [-0.25, -0.2) is 12.7 Å². The molecule has 2 aromatic rings. The summed E-state index contributed by atoms with van der Waals surface area (Å²) >= 11 is 1.54. The van der Waals surface area contributed by atoms with Gasteiger partial charge in [0.1, 0.15) is 0 Å². The Balaban J connectivity index is 1.78. The predicted molar refractivity (Wildman–Crippen MR) is 80.6 cm³/mol. The van der Waals surface area contributed by atoms with Gasteiger partial charge in [0.25, 0.3) is 5.89 Å². The first kappa shape index (κ1) is 14.7. The van der Waals surface area contributed by atoms with Crippen molar-refractivity contribution in [3.8, 4) is 10.8 Å². The molecule has 1 aliphatic rings. The number of rotatable bonds is 4. The second kappa shape index (κ2) is 5.86. The van der Waals surface area contributed by atoms with Crippen LogP contribution < -0.4 is 0 Å². The molecule has 6 nitrogen and oxygen atoms in total. The number of thiophene rings is 1. The van der Waals surface area contributed by atoms with E-state index in [1.165, 1.54) is 4.31 Å². The molecule has 1 saturated heterocycles. The summed E-state index contributed by atoms with van der Waals surface area (Å²) in [4.78, 5) is 0.933. The highest BCUT2D eigenvalue weighted by Crippen LogP contribution is 2.30. The molecule has 0 spiro atoms. The number of hydrogen-bond acceptors (Lipinski definition) is 6. The van der Waals surface area contributed by atoms with Crippen molar-refractivity contribution in [3.05, 3.63) is 23.4 Å². The van der Waals surface area contributed by atoms with Crippen LogP contribution in [0.15, 0.2) is 21.9 Å². The maximum absolute atomic E-state index is 12.0. The van der Waals surface area contributed by atoms with E-state index in [0.29, 0.717) is 24.9 Å². The van der Waals surface area contributed by atoms with Gasteiger partial charge in [-0.05, 0) is 31.2 Å². The lowest BCUT2D eigenvalue weighted by Gasteiger charge is -2.29. The maximum Gasteiger partial charge on any atom is 0.257 e. The Morgan fingerprint density at radius 2 is 2.33 bits per heavy atom. The first-order valence-corrected chi connectivity index (χ1v) is 9.44. The lowest BCUT2D eigenvalue weighted by molar-refractivity contribution is 0.286. The zero-order valence-corrected chi connectivity index (χ0v) is 13.4. The van der Waals surface area contributed by atoms with Crippen LogP contribution in [-0.2, 0) is 10.0 Å². The average molecular weight is 327 g/mol. The first-order chi connectivity index (χ1) is 10.1. The molecule has 1 atom stereocenters. The Hall–Kier alpha value is -1.25. The molecule has 8 heteroatoms. The molecular formula is C13H17N3O3S2. The summed E-state index contributed by atoms with van der Waals surface area (Å²) in [5, 5.41) is 10.1. The minimum absolute atomic E-state index is 0.0127. The second-order valence-electron chi connectivity index (χ2n) is 5.02. The van der Waals surface area contributed by atoms with E-state index in [1.807, 2.05) is 17.5 Å². The highest BCUT2D eigenvalue weighted by Gasteiger charge is 2.31. The van der Waals surface area contributed by atoms with Gasteiger partial charge >= 0.3 is 0 Å². The Kier molecular flexibility index (Phi) is 4.10. The molecule has 114 valence electrons. The predicted octanol–water partition coefficient (Wildman–Crippen LogP) is 2.33. The smallest absolute Gasteiger partial charge is 0.257 e. The van der Waals surface area contributed by atoms with Gasteiger partial charge in [-0.1, -0.05) is 6.07 Å². The van der Waals surface area contributed by atoms with Gasteiger partial charge in [0.15, 0.2) is 0 Å². The van der Waals surface area contributed by atoms with Crippen LogP contribution in [-0.4, -0.2) is 41.8 Å². The third-order valence-corrected chi connectivity index (χ3v) is 6.37. The normalized spacial score (nSPS) is 20.7. The van der Waals surface area contributed by atoms with E-state index in [0.717, 1.165) is 17.7 Å². The number of aromatic nitrogens is 2. The summed E-state index contributed by atoms with van der Waals surface area (Å²) < 4.78 is 31.2. The fourth-order valence-corrected chi connectivity index (χ4v) is 4.30. The molecule has 0 saturated carbocycles. The van der Waals surface area contributed by atoms with Crippen LogP contribution in [0.2, 0.25) is 0 Å². The third-order valence-electron chi connectivity index (χ3n) is 3.66. The molecule has 3 heterocycles. The minimum atomic E-state index is -3.15. The Morgan fingerprint density at radius 3 is 3.05 bits per heavy atom. The van der Waals surface area contributed by atoms with Gasteiger partial charge in [-0.15, -0.1) is 21.5 Å². The zero-order valence-electron chi connectivity index (χ0n) is 11.7. The molecule has 1 fully saturated rings. The molecule has 1 unspecified atom stereocenters. The summed E-state index contributed by atoms with van der Waals surface area (Å²) in [7, 11) is -3.15. The first-order valence-electron chi connectivity index (χ1n) is 6.95. The van der Waals surface area contributed by atoms with E-state index in [1.54, 1.807) is 18.3 Å². The molecule has 3 rings (SSSR count). The third kappa shape index (κ3) is 3.02. The molecule has 0 amide bonds. The number of piperidine rings is 1. The van der Waals surface area contributed by atoms with Crippen LogP contribution in [0, 0.1) is 0 Å². The molecule has 21 heavy (non-hydrogen) atoms.